The molecule has 0 aliphatic carbocycles. The van der Waals surface area contributed by atoms with Crippen molar-refractivity contribution in [3.63, 3.8) is 0 Å². The van der Waals surface area contributed by atoms with Crippen molar-refractivity contribution in [3.05, 3.63) is 0 Å². The Kier molecular flexibility index (Phi) is 3.99. The third-order valence-corrected chi connectivity index (χ3v) is 1.40. The topological polar surface area (TPSA) is 77.8 Å². The van der Waals surface area contributed by atoms with Crippen LogP contribution in [-0.4, -0.2) is 34.0 Å². The minimum atomic E-state index is -1.16. The molecular formula is C6H12O4. The van der Waals surface area contributed by atoms with Crippen LogP contribution in [0.1, 0.15) is 13.3 Å². The number of carbonyl (C=O) groups is 1. The molecule has 60 valence electrons. The van der Waals surface area contributed by atoms with Crippen molar-refractivity contribution in [2.45, 2.75) is 19.4 Å². The lowest BCUT2D eigenvalue weighted by Gasteiger charge is -2.13. The van der Waals surface area contributed by atoms with Gasteiger partial charge in [0.1, 0.15) is 5.92 Å². The molecule has 4 nitrogen and oxygen atoms in total. The maximum Gasteiger partial charge on any atom is 0.311 e. The fourth-order valence-electron chi connectivity index (χ4n) is 0.649. The molecule has 2 atom stereocenters. The van der Waals surface area contributed by atoms with Crippen LogP contribution < -0.4 is 0 Å². The molecule has 0 rings (SSSR count). The van der Waals surface area contributed by atoms with E-state index in [1.807, 2.05) is 0 Å². The Morgan fingerprint density at radius 2 is 2.10 bits per heavy atom. The van der Waals surface area contributed by atoms with Gasteiger partial charge >= 0.3 is 5.97 Å². The second kappa shape index (κ2) is 4.24. The average molecular weight is 148 g/mol. The Morgan fingerprint density at radius 1 is 1.60 bits per heavy atom. The van der Waals surface area contributed by atoms with Crippen molar-refractivity contribution in [2.24, 2.45) is 5.92 Å². The predicted octanol–water partition coefficient (Wildman–Crippen LogP) is -0.550. The van der Waals surface area contributed by atoms with Crippen LogP contribution in [0.15, 0.2) is 0 Å². The summed E-state index contributed by atoms with van der Waals surface area (Å²) in [6.45, 7) is 1.15. The zero-order chi connectivity index (χ0) is 8.15. The summed E-state index contributed by atoms with van der Waals surface area (Å²) >= 11 is 0. The van der Waals surface area contributed by atoms with E-state index in [-0.39, 0.29) is 0 Å². The highest BCUT2D eigenvalue weighted by atomic mass is 16.4. The molecule has 0 saturated carbocycles. The van der Waals surface area contributed by atoms with E-state index in [4.69, 9.17) is 15.3 Å². The van der Waals surface area contributed by atoms with Gasteiger partial charge in [-0.25, -0.2) is 0 Å². The lowest BCUT2D eigenvalue weighted by atomic mass is 10.0. The summed E-state index contributed by atoms with van der Waals surface area (Å²) < 4.78 is 0. The Balaban J connectivity index is 3.92. The maximum absolute atomic E-state index is 10.2. The third-order valence-electron chi connectivity index (χ3n) is 1.40. The molecule has 0 aliphatic rings. The Hall–Kier alpha value is -0.610. The van der Waals surface area contributed by atoms with Gasteiger partial charge in [-0.2, -0.15) is 0 Å². The summed E-state index contributed by atoms with van der Waals surface area (Å²) in [5.41, 5.74) is 0. The van der Waals surface area contributed by atoms with Crippen LogP contribution in [0.25, 0.3) is 0 Å². The fraction of sp³-hybridized carbons (Fsp3) is 0.833. The number of carboxylic acids is 1. The lowest BCUT2D eigenvalue weighted by Crippen LogP contribution is -2.30. The third kappa shape index (κ3) is 2.33. The maximum atomic E-state index is 10.2. The van der Waals surface area contributed by atoms with Gasteiger partial charge in [0.2, 0.25) is 0 Å². The summed E-state index contributed by atoms with van der Waals surface area (Å²) in [4.78, 5) is 10.2. The Labute approximate surface area is 59.1 Å². The highest BCUT2D eigenvalue weighted by Gasteiger charge is 2.23. The molecule has 4 heteroatoms. The molecular weight excluding hydrogens is 136 g/mol. The van der Waals surface area contributed by atoms with Crippen LogP contribution in [0.4, 0.5) is 0 Å². The lowest BCUT2D eigenvalue weighted by molar-refractivity contribution is -0.147. The first-order valence-electron chi connectivity index (χ1n) is 3.15. The van der Waals surface area contributed by atoms with E-state index in [0.717, 1.165) is 0 Å². The number of hydrogen-bond acceptors (Lipinski definition) is 3. The summed E-state index contributed by atoms with van der Waals surface area (Å²) in [6, 6.07) is 0. The zero-order valence-corrected chi connectivity index (χ0v) is 5.82. The quantitative estimate of drug-likeness (QED) is 0.500. The molecule has 0 fully saturated rings. The highest BCUT2D eigenvalue weighted by Crippen LogP contribution is 2.06. The molecule has 0 bridgehead atoms. The van der Waals surface area contributed by atoms with Crippen molar-refractivity contribution in [3.8, 4) is 0 Å². The summed E-state index contributed by atoms with van der Waals surface area (Å²) in [5.74, 6) is -2.19. The van der Waals surface area contributed by atoms with E-state index in [0.29, 0.717) is 6.42 Å². The van der Waals surface area contributed by atoms with E-state index in [1.165, 1.54) is 0 Å². The van der Waals surface area contributed by atoms with Gasteiger partial charge in [-0.3, -0.25) is 4.79 Å². The normalized spacial score (nSPS) is 16.3. The monoisotopic (exact) mass is 148 g/mol. The van der Waals surface area contributed by atoms with E-state index in [9.17, 15) is 4.79 Å². The van der Waals surface area contributed by atoms with Crippen molar-refractivity contribution in [1.29, 1.82) is 0 Å². The summed E-state index contributed by atoms with van der Waals surface area (Å²) in [7, 11) is 0. The molecule has 2 unspecified atom stereocenters. The van der Waals surface area contributed by atoms with Crippen LogP contribution in [-0.2, 0) is 4.79 Å². The smallest absolute Gasteiger partial charge is 0.311 e. The second-order valence-corrected chi connectivity index (χ2v) is 2.10. The minimum Gasteiger partial charge on any atom is -0.481 e. The van der Waals surface area contributed by atoms with Gasteiger partial charge in [0.05, 0.1) is 12.7 Å². The van der Waals surface area contributed by atoms with Crippen molar-refractivity contribution in [2.75, 3.05) is 6.61 Å². The standard InChI is InChI=1S/C6H12O4/c1-2-5(8)4(3-7)6(9)10/h4-5,7-8H,2-3H2,1H3,(H,9,10). The van der Waals surface area contributed by atoms with Crippen LogP contribution in [0.3, 0.4) is 0 Å². The van der Waals surface area contributed by atoms with Crippen LogP contribution in [0, 0.1) is 5.92 Å². The van der Waals surface area contributed by atoms with Gasteiger partial charge in [0, 0.05) is 0 Å². The Morgan fingerprint density at radius 3 is 2.20 bits per heavy atom. The number of aliphatic hydroxyl groups is 2. The molecule has 0 aromatic rings. The number of rotatable bonds is 4. The van der Waals surface area contributed by atoms with E-state index in [2.05, 4.69) is 0 Å². The Bertz CT molecular complexity index is 112. The first-order valence-corrected chi connectivity index (χ1v) is 3.15. The molecule has 3 N–H and O–H groups in total. The average Bonchev–Trinajstić information content (AvgIpc) is 1.88. The predicted molar refractivity (Wildman–Crippen MR) is 34.5 cm³/mol. The van der Waals surface area contributed by atoms with Gasteiger partial charge in [-0.05, 0) is 6.42 Å². The van der Waals surface area contributed by atoms with Gasteiger partial charge < -0.3 is 15.3 Å². The molecule has 0 aliphatic heterocycles. The minimum absolute atomic E-state index is 0.345. The van der Waals surface area contributed by atoms with E-state index >= 15 is 0 Å². The molecule has 0 aromatic heterocycles. The van der Waals surface area contributed by atoms with Crippen molar-refractivity contribution in [1.82, 2.24) is 0 Å². The van der Waals surface area contributed by atoms with Gasteiger partial charge in [-0.1, -0.05) is 6.92 Å². The number of aliphatic carboxylic acids is 1. The van der Waals surface area contributed by atoms with Crippen molar-refractivity contribution >= 4 is 5.97 Å². The van der Waals surface area contributed by atoms with Gasteiger partial charge in [0.25, 0.3) is 0 Å². The number of aliphatic hydroxyl groups excluding tert-OH is 2. The highest BCUT2D eigenvalue weighted by molar-refractivity contribution is 5.70. The fourth-order valence-corrected chi connectivity index (χ4v) is 0.649. The van der Waals surface area contributed by atoms with Gasteiger partial charge in [0.15, 0.2) is 0 Å². The van der Waals surface area contributed by atoms with E-state index in [1.54, 1.807) is 6.92 Å². The molecule has 0 heterocycles. The first kappa shape index (κ1) is 9.39. The van der Waals surface area contributed by atoms with E-state index < -0.39 is 24.6 Å². The van der Waals surface area contributed by atoms with Crippen LogP contribution >= 0.6 is 0 Å². The zero-order valence-electron chi connectivity index (χ0n) is 5.82. The molecule has 0 spiro atoms. The second-order valence-electron chi connectivity index (χ2n) is 2.10. The van der Waals surface area contributed by atoms with Crippen molar-refractivity contribution < 1.29 is 20.1 Å². The molecule has 10 heavy (non-hydrogen) atoms. The number of carboxylic acid groups (broad SMARTS) is 1. The SMILES string of the molecule is CCC(O)C(CO)C(=O)O. The summed E-state index contributed by atoms with van der Waals surface area (Å²) in [6.07, 6.45) is -0.597. The molecule has 0 radical (unpaired) electrons. The van der Waals surface area contributed by atoms with Gasteiger partial charge in [-0.15, -0.1) is 0 Å². The molecule has 0 saturated heterocycles. The largest absolute Gasteiger partial charge is 0.481 e. The molecule has 0 aromatic carbocycles. The summed E-state index contributed by atoms with van der Waals surface area (Å²) in [5, 5.41) is 25.8. The number of hydrogen-bond donors (Lipinski definition) is 3. The van der Waals surface area contributed by atoms with Crippen LogP contribution in [0.2, 0.25) is 0 Å². The molecule has 0 amide bonds. The van der Waals surface area contributed by atoms with Crippen LogP contribution in [0.5, 0.6) is 0 Å². The first-order chi connectivity index (χ1) is 4.63.